The van der Waals surface area contributed by atoms with E-state index in [1.807, 2.05) is 0 Å². The molecule has 0 N–H and O–H groups in total. The van der Waals surface area contributed by atoms with Gasteiger partial charge in [0.25, 0.3) is 0 Å². The topological polar surface area (TPSA) is 78.9 Å². The third-order valence-corrected chi connectivity index (χ3v) is 11.2. The third-order valence-electron chi connectivity index (χ3n) is 6.80. The summed E-state index contributed by atoms with van der Waals surface area (Å²) in [4.78, 5) is 36.1. The fourth-order valence-electron chi connectivity index (χ4n) is 3.84. The number of esters is 2. The van der Waals surface area contributed by atoms with E-state index in [0.717, 1.165) is 24.9 Å². The quantitative estimate of drug-likeness (QED) is 0.274. The minimum atomic E-state index is -1.96. The molecule has 0 bridgehead atoms. The smallest absolute Gasteiger partial charge is 0.323 e. The van der Waals surface area contributed by atoms with Crippen LogP contribution in [0.5, 0.6) is 0 Å². The second-order valence-electron chi connectivity index (χ2n) is 9.59. The fraction of sp³-hybridized carbons (Fsp3) is 0.762. The Labute approximate surface area is 169 Å². The standard InChI is InChI=1S/C21H34O6Si/c1-20(2,3)28(6,7)27-17-9-8-14(13-22)15(11-17)10-16-12-21(16,18(23)25-4)19(24)26-5/h11,13-16H,8-10,12H2,1-7H3. The SMILES string of the molecule is COC(=O)C1(C(=O)OC)CC1CC1C=C(O[Si](C)(C)C(C)(C)C)CCC1C=O. The molecule has 0 spiro atoms. The van der Waals surface area contributed by atoms with Crippen molar-refractivity contribution in [3.8, 4) is 0 Å². The molecule has 2 aliphatic rings. The maximum atomic E-state index is 12.2. The van der Waals surface area contributed by atoms with Crippen LogP contribution in [0.25, 0.3) is 0 Å². The molecule has 0 aromatic rings. The molecular weight excluding hydrogens is 376 g/mol. The van der Waals surface area contributed by atoms with Gasteiger partial charge in [0.05, 0.1) is 20.0 Å². The number of hydrogen-bond acceptors (Lipinski definition) is 6. The molecule has 0 aliphatic heterocycles. The van der Waals surface area contributed by atoms with Crippen molar-refractivity contribution in [2.75, 3.05) is 14.2 Å². The van der Waals surface area contributed by atoms with Gasteiger partial charge in [0.1, 0.15) is 6.29 Å². The Bertz CT molecular complexity index is 644. The van der Waals surface area contributed by atoms with Gasteiger partial charge in [-0.25, -0.2) is 0 Å². The van der Waals surface area contributed by atoms with Gasteiger partial charge < -0.3 is 18.7 Å². The van der Waals surface area contributed by atoms with Crippen molar-refractivity contribution in [1.29, 1.82) is 0 Å². The summed E-state index contributed by atoms with van der Waals surface area (Å²) in [5.74, 6) is -0.512. The van der Waals surface area contributed by atoms with Crippen molar-refractivity contribution < 1.29 is 28.3 Å². The highest BCUT2D eigenvalue weighted by atomic mass is 28.4. The zero-order valence-corrected chi connectivity index (χ0v) is 19.2. The van der Waals surface area contributed by atoms with E-state index in [0.29, 0.717) is 12.8 Å². The van der Waals surface area contributed by atoms with Gasteiger partial charge in [-0.3, -0.25) is 9.59 Å². The number of aldehydes is 1. The van der Waals surface area contributed by atoms with Crippen LogP contribution in [0.15, 0.2) is 11.8 Å². The highest BCUT2D eigenvalue weighted by Gasteiger charge is 2.68. The lowest BCUT2D eigenvalue weighted by Crippen LogP contribution is -2.41. The van der Waals surface area contributed by atoms with E-state index in [2.05, 4.69) is 39.9 Å². The number of rotatable bonds is 7. The second kappa shape index (κ2) is 8.01. The maximum Gasteiger partial charge on any atom is 0.323 e. The van der Waals surface area contributed by atoms with Gasteiger partial charge in [-0.2, -0.15) is 0 Å². The molecule has 0 aromatic heterocycles. The normalized spacial score (nSPS) is 26.7. The molecule has 2 rings (SSSR count). The Balaban J connectivity index is 2.19. The molecule has 0 aromatic carbocycles. The molecule has 0 radical (unpaired) electrons. The summed E-state index contributed by atoms with van der Waals surface area (Å²) in [5, 5.41) is 0.0895. The van der Waals surface area contributed by atoms with Crippen molar-refractivity contribution in [1.82, 2.24) is 0 Å². The number of allylic oxidation sites excluding steroid dienone is 2. The van der Waals surface area contributed by atoms with E-state index in [4.69, 9.17) is 13.9 Å². The Kier molecular flexibility index (Phi) is 6.48. The zero-order chi connectivity index (χ0) is 21.3. The molecule has 1 saturated carbocycles. The molecule has 0 amide bonds. The van der Waals surface area contributed by atoms with Crippen LogP contribution in [0, 0.1) is 23.2 Å². The van der Waals surface area contributed by atoms with Crippen LogP contribution in [0.1, 0.15) is 46.5 Å². The average molecular weight is 411 g/mol. The Morgan fingerprint density at radius 3 is 2.25 bits per heavy atom. The van der Waals surface area contributed by atoms with Crippen molar-refractivity contribution in [3.63, 3.8) is 0 Å². The van der Waals surface area contributed by atoms with Gasteiger partial charge >= 0.3 is 11.9 Å². The van der Waals surface area contributed by atoms with E-state index in [9.17, 15) is 14.4 Å². The summed E-state index contributed by atoms with van der Waals surface area (Å²) in [7, 11) is 0.601. The van der Waals surface area contributed by atoms with Crippen LogP contribution < -0.4 is 0 Å². The van der Waals surface area contributed by atoms with E-state index < -0.39 is 25.7 Å². The van der Waals surface area contributed by atoms with Gasteiger partial charge in [-0.1, -0.05) is 20.8 Å². The molecule has 28 heavy (non-hydrogen) atoms. The molecule has 1 fully saturated rings. The average Bonchev–Trinajstić information content (AvgIpc) is 3.34. The highest BCUT2D eigenvalue weighted by molar-refractivity contribution is 6.74. The van der Waals surface area contributed by atoms with Crippen LogP contribution in [-0.4, -0.2) is 40.8 Å². The maximum absolute atomic E-state index is 12.2. The fourth-order valence-corrected chi connectivity index (χ4v) is 4.97. The van der Waals surface area contributed by atoms with Gasteiger partial charge in [-0.05, 0) is 55.3 Å². The molecule has 158 valence electrons. The van der Waals surface area contributed by atoms with Gasteiger partial charge in [-0.15, -0.1) is 0 Å². The lowest BCUT2D eigenvalue weighted by molar-refractivity contribution is -0.162. The van der Waals surface area contributed by atoms with Crippen molar-refractivity contribution in [2.24, 2.45) is 23.2 Å². The number of hydrogen-bond donors (Lipinski definition) is 0. The minimum Gasteiger partial charge on any atom is -0.547 e. The first-order valence-electron chi connectivity index (χ1n) is 9.94. The van der Waals surface area contributed by atoms with Crippen LogP contribution in [0.2, 0.25) is 18.1 Å². The lowest BCUT2D eigenvalue weighted by atomic mass is 9.80. The predicted molar refractivity (Wildman–Crippen MR) is 108 cm³/mol. The summed E-state index contributed by atoms with van der Waals surface area (Å²) >= 11 is 0. The Morgan fingerprint density at radius 1 is 1.21 bits per heavy atom. The minimum absolute atomic E-state index is 0.0489. The number of carbonyl (C=O) groups excluding carboxylic acids is 3. The molecule has 3 unspecified atom stereocenters. The first kappa shape index (κ1) is 22.7. The summed E-state index contributed by atoms with van der Waals surface area (Å²) in [6, 6.07) is 0. The highest BCUT2D eigenvalue weighted by Crippen LogP contribution is 2.58. The number of ether oxygens (including phenoxy) is 2. The van der Waals surface area contributed by atoms with E-state index in [-0.39, 0.29) is 22.8 Å². The van der Waals surface area contributed by atoms with Gasteiger partial charge in [0.15, 0.2) is 5.41 Å². The van der Waals surface area contributed by atoms with Crippen molar-refractivity contribution in [3.05, 3.63) is 11.8 Å². The van der Waals surface area contributed by atoms with Crippen LogP contribution >= 0.6 is 0 Å². The molecule has 0 saturated heterocycles. The van der Waals surface area contributed by atoms with E-state index >= 15 is 0 Å². The number of methoxy groups -OCH3 is 2. The predicted octanol–water partition coefficient (Wildman–Crippen LogP) is 3.86. The molecule has 7 heteroatoms. The van der Waals surface area contributed by atoms with E-state index in [1.165, 1.54) is 14.2 Å². The Hall–Kier alpha value is -1.63. The van der Waals surface area contributed by atoms with Crippen molar-refractivity contribution in [2.45, 2.75) is 64.6 Å². The number of carbonyl (C=O) groups is 3. The van der Waals surface area contributed by atoms with Crippen LogP contribution in [0.4, 0.5) is 0 Å². The summed E-state index contributed by atoms with van der Waals surface area (Å²) in [6.45, 7) is 11.0. The third kappa shape index (κ3) is 4.19. The molecule has 6 nitrogen and oxygen atoms in total. The first-order chi connectivity index (χ1) is 12.9. The summed E-state index contributed by atoms with van der Waals surface area (Å²) < 4.78 is 16.2. The zero-order valence-electron chi connectivity index (χ0n) is 18.2. The monoisotopic (exact) mass is 410 g/mol. The summed E-state index contributed by atoms with van der Waals surface area (Å²) in [6.07, 6.45) is 5.49. The molecule has 0 heterocycles. The van der Waals surface area contributed by atoms with Gasteiger partial charge in [0.2, 0.25) is 8.32 Å². The molecule has 2 aliphatic carbocycles. The largest absolute Gasteiger partial charge is 0.547 e. The van der Waals surface area contributed by atoms with Crippen molar-refractivity contribution >= 4 is 26.5 Å². The Morgan fingerprint density at radius 2 is 1.79 bits per heavy atom. The first-order valence-corrected chi connectivity index (χ1v) is 12.9. The second-order valence-corrected chi connectivity index (χ2v) is 14.3. The van der Waals surface area contributed by atoms with Crippen LogP contribution in [0.3, 0.4) is 0 Å². The molecular formula is C21H34O6Si. The lowest BCUT2D eigenvalue weighted by Gasteiger charge is -2.39. The van der Waals surface area contributed by atoms with Crippen LogP contribution in [-0.2, 0) is 28.3 Å². The molecule has 3 atom stereocenters. The van der Waals surface area contributed by atoms with E-state index in [1.54, 1.807) is 0 Å². The summed E-state index contributed by atoms with van der Waals surface area (Å²) in [5.41, 5.74) is -1.22. The van der Waals surface area contributed by atoms with Gasteiger partial charge in [0, 0.05) is 12.3 Å².